The van der Waals surface area contributed by atoms with Crippen molar-refractivity contribution in [1.29, 1.82) is 0 Å². The molecule has 7 heteroatoms. The van der Waals surface area contributed by atoms with Crippen molar-refractivity contribution in [3.8, 4) is 0 Å². The van der Waals surface area contributed by atoms with Crippen LogP contribution in [0.25, 0.3) is 0 Å². The summed E-state index contributed by atoms with van der Waals surface area (Å²) in [5.41, 5.74) is -1.84. The van der Waals surface area contributed by atoms with E-state index in [9.17, 15) is 24.2 Å². The first-order chi connectivity index (χ1) is 10.5. The zero-order valence-corrected chi connectivity index (χ0v) is 13.2. The Hall–Kier alpha value is -2.15. The number of hydrogen-bond acceptors (Lipinski definition) is 4. The molecular formula is C16H20FNO5. The van der Waals surface area contributed by atoms with Gasteiger partial charge in [-0.3, -0.25) is 10.1 Å². The van der Waals surface area contributed by atoms with Gasteiger partial charge in [0.15, 0.2) is 0 Å². The van der Waals surface area contributed by atoms with E-state index in [-0.39, 0.29) is 24.1 Å². The number of carboxylic acid groups (broad SMARTS) is 1. The normalized spacial score (nSPS) is 23.8. The average molecular weight is 325 g/mol. The maximum Gasteiger partial charge on any atom is 0.412 e. The summed E-state index contributed by atoms with van der Waals surface area (Å²) in [7, 11) is 0. The lowest BCUT2D eigenvalue weighted by molar-refractivity contribution is -0.152. The van der Waals surface area contributed by atoms with Crippen LogP contribution in [0.1, 0.15) is 39.2 Å². The minimum absolute atomic E-state index is 0.0330. The number of anilines is 1. The van der Waals surface area contributed by atoms with Crippen LogP contribution in [0.15, 0.2) is 18.2 Å². The first kappa shape index (κ1) is 17.2. The van der Waals surface area contributed by atoms with Gasteiger partial charge in [-0.1, -0.05) is 0 Å². The minimum Gasteiger partial charge on any atom is -0.481 e. The molecule has 0 saturated heterocycles. The molecule has 1 aliphatic carbocycles. The van der Waals surface area contributed by atoms with Crippen molar-refractivity contribution in [2.45, 2.75) is 50.7 Å². The molecule has 0 unspecified atom stereocenters. The molecule has 0 atom stereocenters. The summed E-state index contributed by atoms with van der Waals surface area (Å²) in [6, 6.07) is 3.50. The van der Waals surface area contributed by atoms with Gasteiger partial charge in [0.25, 0.3) is 0 Å². The summed E-state index contributed by atoms with van der Waals surface area (Å²) in [6.45, 7) is 5.08. The van der Waals surface area contributed by atoms with E-state index >= 15 is 0 Å². The zero-order chi connectivity index (χ0) is 17.4. The Balaban J connectivity index is 2.35. The molecule has 6 nitrogen and oxygen atoms in total. The first-order valence-corrected chi connectivity index (χ1v) is 7.25. The van der Waals surface area contributed by atoms with Gasteiger partial charge in [0, 0.05) is 5.69 Å². The highest BCUT2D eigenvalue weighted by atomic mass is 19.1. The van der Waals surface area contributed by atoms with Crippen LogP contribution in [0.3, 0.4) is 0 Å². The largest absolute Gasteiger partial charge is 0.481 e. The number of ether oxygens (including phenoxy) is 1. The number of amides is 1. The molecular weight excluding hydrogens is 305 g/mol. The quantitative estimate of drug-likeness (QED) is 0.794. The maximum atomic E-state index is 13.6. The Bertz CT molecular complexity index is 632. The number of carbonyl (C=O) groups excluding carboxylic acids is 1. The van der Waals surface area contributed by atoms with Crippen molar-refractivity contribution < 1.29 is 28.9 Å². The van der Waals surface area contributed by atoms with E-state index in [1.807, 2.05) is 0 Å². The number of aliphatic carboxylic acids is 1. The molecule has 0 heterocycles. The van der Waals surface area contributed by atoms with E-state index in [1.165, 1.54) is 6.07 Å². The zero-order valence-electron chi connectivity index (χ0n) is 13.2. The molecule has 1 aromatic carbocycles. The highest BCUT2D eigenvalue weighted by Crippen LogP contribution is 2.47. The number of halogens is 1. The van der Waals surface area contributed by atoms with E-state index in [0.717, 1.165) is 12.1 Å². The molecule has 1 amide bonds. The SMILES string of the molecule is CC(C)(C)OC(=O)Nc1ccc(F)cc1C1(C(=O)O)CC(O)C1. The summed E-state index contributed by atoms with van der Waals surface area (Å²) in [4.78, 5) is 23.6. The van der Waals surface area contributed by atoms with Crippen LogP contribution in [-0.2, 0) is 14.9 Å². The molecule has 23 heavy (non-hydrogen) atoms. The third-order valence-electron chi connectivity index (χ3n) is 3.71. The van der Waals surface area contributed by atoms with Gasteiger partial charge < -0.3 is 14.9 Å². The predicted molar refractivity (Wildman–Crippen MR) is 80.8 cm³/mol. The van der Waals surface area contributed by atoms with Crippen molar-refractivity contribution >= 4 is 17.7 Å². The van der Waals surface area contributed by atoms with Crippen LogP contribution in [-0.4, -0.2) is 34.0 Å². The van der Waals surface area contributed by atoms with Crippen LogP contribution in [0, 0.1) is 5.82 Å². The summed E-state index contributed by atoms with van der Waals surface area (Å²) in [5, 5.41) is 21.5. The Morgan fingerprint density at radius 1 is 1.35 bits per heavy atom. The fourth-order valence-electron chi connectivity index (χ4n) is 2.69. The maximum absolute atomic E-state index is 13.6. The smallest absolute Gasteiger partial charge is 0.412 e. The molecule has 1 fully saturated rings. The van der Waals surface area contributed by atoms with E-state index in [4.69, 9.17) is 4.74 Å². The lowest BCUT2D eigenvalue weighted by Crippen LogP contribution is -2.51. The summed E-state index contributed by atoms with van der Waals surface area (Å²) < 4.78 is 18.7. The van der Waals surface area contributed by atoms with Crippen LogP contribution in [0.4, 0.5) is 14.9 Å². The van der Waals surface area contributed by atoms with Crippen molar-refractivity contribution in [2.75, 3.05) is 5.32 Å². The second-order valence-electron chi connectivity index (χ2n) is 6.77. The fraction of sp³-hybridized carbons (Fsp3) is 0.500. The van der Waals surface area contributed by atoms with Gasteiger partial charge >= 0.3 is 12.1 Å². The summed E-state index contributed by atoms with van der Waals surface area (Å²) >= 11 is 0. The molecule has 126 valence electrons. The first-order valence-electron chi connectivity index (χ1n) is 7.25. The van der Waals surface area contributed by atoms with Gasteiger partial charge in [0.2, 0.25) is 0 Å². The Morgan fingerprint density at radius 2 is 1.96 bits per heavy atom. The average Bonchev–Trinajstić information content (AvgIpc) is 2.34. The third-order valence-corrected chi connectivity index (χ3v) is 3.71. The molecule has 1 saturated carbocycles. The molecule has 1 aromatic rings. The summed E-state index contributed by atoms with van der Waals surface area (Å²) in [6.07, 6.45) is -1.58. The van der Waals surface area contributed by atoms with Crippen LogP contribution < -0.4 is 5.32 Å². The number of carbonyl (C=O) groups is 2. The van der Waals surface area contributed by atoms with Crippen molar-refractivity contribution in [2.24, 2.45) is 0 Å². The lowest BCUT2D eigenvalue weighted by atomic mass is 9.62. The molecule has 2 rings (SSSR count). The van der Waals surface area contributed by atoms with Gasteiger partial charge in [0.1, 0.15) is 11.4 Å². The fourth-order valence-corrected chi connectivity index (χ4v) is 2.69. The van der Waals surface area contributed by atoms with E-state index in [1.54, 1.807) is 20.8 Å². The van der Waals surface area contributed by atoms with Gasteiger partial charge in [-0.25, -0.2) is 9.18 Å². The van der Waals surface area contributed by atoms with Crippen LogP contribution >= 0.6 is 0 Å². The highest BCUT2D eigenvalue weighted by molar-refractivity contribution is 5.91. The number of aliphatic hydroxyl groups is 1. The molecule has 0 spiro atoms. The highest BCUT2D eigenvalue weighted by Gasteiger charge is 2.52. The topological polar surface area (TPSA) is 95.9 Å². The second-order valence-corrected chi connectivity index (χ2v) is 6.77. The molecule has 3 N–H and O–H groups in total. The minimum atomic E-state index is -1.41. The van der Waals surface area contributed by atoms with Crippen molar-refractivity contribution in [3.05, 3.63) is 29.6 Å². The Morgan fingerprint density at radius 3 is 2.43 bits per heavy atom. The lowest BCUT2D eigenvalue weighted by Gasteiger charge is -2.42. The second kappa shape index (κ2) is 5.81. The van der Waals surface area contributed by atoms with Gasteiger partial charge in [-0.2, -0.15) is 0 Å². The molecule has 1 aliphatic rings. The van der Waals surface area contributed by atoms with Gasteiger partial charge in [-0.05, 0) is 57.4 Å². The molecule has 0 aliphatic heterocycles. The summed E-state index contributed by atoms with van der Waals surface area (Å²) in [5.74, 6) is -1.78. The number of hydrogen-bond donors (Lipinski definition) is 3. The molecule has 0 bridgehead atoms. The number of rotatable bonds is 3. The number of benzene rings is 1. The monoisotopic (exact) mass is 325 g/mol. The Kier molecular flexibility index (Phi) is 4.34. The van der Waals surface area contributed by atoms with E-state index < -0.39 is 35.0 Å². The Labute approximate surface area is 133 Å². The number of carboxylic acids is 1. The predicted octanol–water partition coefficient (Wildman–Crippen LogP) is 2.65. The molecule has 0 radical (unpaired) electrons. The standard InChI is InChI=1S/C16H20FNO5/c1-15(2,3)23-14(22)18-12-5-4-9(17)6-11(12)16(13(20)21)7-10(19)8-16/h4-6,10,19H,7-8H2,1-3H3,(H,18,22)(H,20,21). The van der Waals surface area contributed by atoms with E-state index in [0.29, 0.717) is 0 Å². The third kappa shape index (κ3) is 3.61. The number of nitrogens with one attached hydrogen (secondary N) is 1. The van der Waals surface area contributed by atoms with Crippen LogP contribution in [0.2, 0.25) is 0 Å². The van der Waals surface area contributed by atoms with Gasteiger partial charge in [0.05, 0.1) is 11.5 Å². The number of aliphatic hydroxyl groups excluding tert-OH is 1. The van der Waals surface area contributed by atoms with Crippen molar-refractivity contribution in [3.63, 3.8) is 0 Å². The van der Waals surface area contributed by atoms with E-state index in [2.05, 4.69) is 5.32 Å². The van der Waals surface area contributed by atoms with Crippen LogP contribution in [0.5, 0.6) is 0 Å². The van der Waals surface area contributed by atoms with Gasteiger partial charge in [-0.15, -0.1) is 0 Å². The molecule has 0 aromatic heterocycles. The van der Waals surface area contributed by atoms with Crippen molar-refractivity contribution in [1.82, 2.24) is 0 Å².